The van der Waals surface area contributed by atoms with Crippen LogP contribution >= 0.6 is 0 Å². The molecule has 0 radical (unpaired) electrons. The Morgan fingerprint density at radius 1 is 0.326 bits per heavy atom. The minimum atomic E-state index is -0.375. The number of aliphatic hydroxyl groups is 6. The van der Waals surface area contributed by atoms with Crippen molar-refractivity contribution in [2.24, 2.45) is 34.0 Å². The van der Waals surface area contributed by atoms with Crippen molar-refractivity contribution in [3.05, 3.63) is 347 Å². The summed E-state index contributed by atoms with van der Waals surface area (Å²) in [5.41, 5.74) is 15.1. The molecule has 6 unspecified atom stereocenters. The zero-order valence-corrected chi connectivity index (χ0v) is 86.9. The normalized spacial score (nSPS) is 17.3. The first-order valence-electron chi connectivity index (χ1n) is 46.0. The van der Waals surface area contributed by atoms with Crippen molar-refractivity contribution in [3.63, 3.8) is 0 Å². The third-order valence-corrected chi connectivity index (χ3v) is 23.2. The smallest absolute Gasteiger partial charge is 0.510 e. The molecule has 6 aliphatic rings. The average molecular weight is 2310 g/mol. The predicted molar refractivity (Wildman–Crippen MR) is 533 cm³/mol. The Labute approximate surface area is 830 Å². The van der Waals surface area contributed by atoms with Crippen LogP contribution in [-0.2, 0) is 60.3 Å². The fraction of sp³-hybridized carbons (Fsp3) is 0.368. The third kappa shape index (κ3) is 36.3. The van der Waals surface area contributed by atoms with Crippen molar-refractivity contribution in [1.82, 2.24) is 29.7 Å². The predicted octanol–water partition coefficient (Wildman–Crippen LogP) is 24.8. The zero-order chi connectivity index (χ0) is 92.5. The fourth-order valence-corrected chi connectivity index (χ4v) is 17.8. The summed E-state index contributed by atoms with van der Waals surface area (Å²) in [6.07, 6.45) is 27.6. The second-order valence-electron chi connectivity index (χ2n) is 37.6. The summed E-state index contributed by atoms with van der Waals surface area (Å²) in [7, 11) is 6.32. The van der Waals surface area contributed by atoms with Crippen molar-refractivity contribution in [2.45, 2.75) is 216 Å². The fourth-order valence-electron chi connectivity index (χ4n) is 17.8. The minimum Gasteiger partial charge on any atom is -0.510 e. The Balaban J connectivity index is 0.000000207. The number of aromatic nitrogens is 3. The van der Waals surface area contributed by atoms with Crippen LogP contribution in [0.5, 0.6) is 0 Å². The van der Waals surface area contributed by atoms with Gasteiger partial charge in [-0.3, -0.25) is 0 Å². The van der Waals surface area contributed by atoms with E-state index >= 15 is 0 Å². The van der Waals surface area contributed by atoms with E-state index in [0.29, 0.717) is 53.3 Å². The van der Waals surface area contributed by atoms with Gasteiger partial charge in [-0.15, -0.1) is 125 Å². The van der Waals surface area contributed by atoms with Gasteiger partial charge in [0.05, 0.1) is 36.6 Å². The van der Waals surface area contributed by atoms with E-state index < -0.39 is 0 Å². The molecule has 15 nitrogen and oxygen atoms in total. The van der Waals surface area contributed by atoms with Crippen LogP contribution in [0.3, 0.4) is 0 Å². The first-order chi connectivity index (χ1) is 61.8. The number of allylic oxidation sites excluding steroid dienone is 3. The molecule has 6 heterocycles. The summed E-state index contributed by atoms with van der Waals surface area (Å²) < 4.78 is 0. The average Bonchev–Trinajstić information content (AvgIpc) is 1.68. The van der Waals surface area contributed by atoms with Crippen LogP contribution in [0.4, 0.5) is 17.1 Å². The van der Waals surface area contributed by atoms with E-state index in [4.69, 9.17) is 30.6 Å². The number of hydrogen-bond acceptors (Lipinski definition) is 15. The molecule has 0 spiro atoms. The molecular formula is C114H138Ir3N9O6. The number of benzene rings is 9. The third-order valence-electron chi connectivity index (χ3n) is 23.2. The Morgan fingerprint density at radius 2 is 0.583 bits per heavy atom. The van der Waals surface area contributed by atoms with Crippen molar-refractivity contribution in [2.75, 3.05) is 35.8 Å². The van der Waals surface area contributed by atoms with E-state index in [-0.39, 0.29) is 96.9 Å². The Morgan fingerprint density at radius 3 is 0.841 bits per heavy atom. The van der Waals surface area contributed by atoms with Crippen LogP contribution < -0.4 is 14.7 Å². The maximum Gasteiger partial charge on any atom is 3.00 e. The van der Waals surface area contributed by atoms with E-state index in [1.165, 1.54) is 126 Å². The van der Waals surface area contributed by atoms with Gasteiger partial charge in [-0.1, -0.05) is 152 Å². The van der Waals surface area contributed by atoms with Gasteiger partial charge in [0.15, 0.2) is 0 Å². The van der Waals surface area contributed by atoms with E-state index in [2.05, 4.69) is 273 Å². The molecular weight excluding hydrogens is 2170 g/mol. The van der Waals surface area contributed by atoms with Gasteiger partial charge in [0.1, 0.15) is 0 Å². The molecule has 0 bridgehead atoms. The minimum absolute atomic E-state index is 0. The second kappa shape index (κ2) is 55.1. The number of para-hydroxylation sites is 3. The molecule has 0 amide bonds. The standard InChI is InChI=1S/C20H28N2.C18H24N2.C16H20N2.3C15H10N.3C5H12O2.3Ir/c1-19(2)11-16(12-20(3,4)14-19)18-13-21(5)15-22(18)17-9-7-6-8-10-17;1-18(2)11-9-15(10-12-18)17-13-19(3)14-20(17)16-7-5-4-6-8-16;1-17-12-16(14-8-4-2-5-9-14)18(13-17)15-10-6-3-7-11-15;3*1-2-6-12(7-3-1)15-10-13-8-4-5-9-14(13)11-16-15;3*1-4(6)3-5(2)7;;;/h6-9,13,15-16H,11-12,14H2,1-5H3;4-7,13-15H,9-12H2,1-3H3;3,6-7,10,12-14H,2,4-5,8-9H2,1H3;3*1-6,8-11H;3*4-7H,3H2,1-2H3;;;/q3*-2;3*-1;;;;3*+3. The number of fused-ring (bicyclic) bond motifs is 3. The van der Waals surface area contributed by atoms with Gasteiger partial charge in [-0.2, -0.15) is 111 Å². The maximum atomic E-state index is 8.56. The number of aliphatic hydroxyl groups excluding tert-OH is 6. The quantitative estimate of drug-likeness (QED) is 0.0534. The summed E-state index contributed by atoms with van der Waals surface area (Å²) in [6.45, 7) is 30.9. The molecule has 12 aromatic rings. The number of nitrogens with zero attached hydrogens (tertiary/aromatic N) is 9. The molecule has 6 atom stereocenters. The molecule has 132 heavy (non-hydrogen) atoms. The van der Waals surface area contributed by atoms with Gasteiger partial charge >= 0.3 is 60.3 Å². The number of pyridine rings is 3. The van der Waals surface area contributed by atoms with Gasteiger partial charge in [0.25, 0.3) is 0 Å². The van der Waals surface area contributed by atoms with Gasteiger partial charge in [-0.25, -0.2) is 0 Å². The number of rotatable bonds is 15. The first kappa shape index (κ1) is 110. The van der Waals surface area contributed by atoms with E-state index in [1.54, 1.807) is 41.5 Å². The Kier molecular flexibility index (Phi) is 45.9. The van der Waals surface area contributed by atoms with Crippen molar-refractivity contribution in [1.29, 1.82) is 0 Å². The molecule has 3 aliphatic heterocycles. The van der Waals surface area contributed by atoms with E-state index in [1.807, 2.05) is 164 Å². The molecule has 3 aliphatic carbocycles. The molecule has 702 valence electrons. The summed E-state index contributed by atoms with van der Waals surface area (Å²) in [5, 5.41) is 58.5. The van der Waals surface area contributed by atoms with Crippen LogP contribution in [-0.4, -0.2) is 118 Å². The second-order valence-corrected chi connectivity index (χ2v) is 37.6. The molecule has 6 N–H and O–H groups in total. The maximum absolute atomic E-state index is 8.56. The zero-order valence-electron chi connectivity index (χ0n) is 79.7. The first-order valence-corrected chi connectivity index (χ1v) is 46.0. The van der Waals surface area contributed by atoms with E-state index in [9.17, 15) is 0 Å². The van der Waals surface area contributed by atoms with Gasteiger partial charge in [0, 0.05) is 35.7 Å². The molecule has 3 aromatic heterocycles. The topological polar surface area (TPSA) is 179 Å². The largest absolute Gasteiger partial charge is 3.00 e. The molecule has 3 fully saturated rings. The summed E-state index contributed by atoms with van der Waals surface area (Å²) in [6, 6.07) is 99.0. The van der Waals surface area contributed by atoms with Crippen LogP contribution in [0.2, 0.25) is 0 Å². The van der Waals surface area contributed by atoms with Crippen LogP contribution in [0, 0.1) is 90.4 Å². The molecule has 0 saturated heterocycles. The van der Waals surface area contributed by atoms with Crippen molar-refractivity contribution in [3.8, 4) is 33.8 Å². The monoisotopic (exact) mass is 2310 g/mol. The number of anilines is 3. The number of hydrogen-bond donors (Lipinski definition) is 6. The van der Waals surface area contributed by atoms with Crippen LogP contribution in [0.25, 0.3) is 66.1 Å². The van der Waals surface area contributed by atoms with Crippen molar-refractivity contribution < 1.29 is 91.0 Å². The molecule has 9 aromatic carbocycles. The summed E-state index contributed by atoms with van der Waals surface area (Å²) in [4.78, 5) is 26.8. The summed E-state index contributed by atoms with van der Waals surface area (Å²) in [5.74, 6) is 2.00. The SMILES string of the molecule is CC(O)CC(C)O.CC(O)CC(C)O.CC(O)CC(C)O.CN1C=C(C2CC(C)(C)CC(C)(C)C2)N(c2[c-]cccc2)[CH-]1.CN1C=C(C2CCC(C)(C)CC2)N(c2[c-]cccc2)[CH-]1.CN1C=C(C2CCCCC2)N(c2[c-]cccc2)[CH-]1.[Ir+3].[Ir+3].[Ir+3].[c-]1ccccc1-c1cc2ccccc2cn1.[c-]1ccccc1-c1cc2ccccc2cn1.[c-]1ccccc1-c1cc2ccccc2cn1. The molecule has 18 heteroatoms. The van der Waals surface area contributed by atoms with Crippen molar-refractivity contribution >= 4 is 49.4 Å². The molecule has 18 rings (SSSR count). The van der Waals surface area contributed by atoms with Crippen LogP contribution in [0.15, 0.2) is 291 Å². The van der Waals surface area contributed by atoms with Gasteiger partial charge in [0.2, 0.25) is 0 Å². The Hall–Kier alpha value is -9.06. The summed E-state index contributed by atoms with van der Waals surface area (Å²) >= 11 is 0. The van der Waals surface area contributed by atoms with Crippen LogP contribution in [0.1, 0.15) is 179 Å². The van der Waals surface area contributed by atoms with E-state index in [0.717, 1.165) is 50.8 Å². The van der Waals surface area contributed by atoms with Gasteiger partial charge < -0.3 is 75.0 Å². The molecule has 3 saturated carbocycles. The Bertz CT molecular complexity index is 5020. The van der Waals surface area contributed by atoms with Gasteiger partial charge in [-0.05, 0) is 242 Å².